The van der Waals surface area contributed by atoms with Crippen LogP contribution in [0.4, 0.5) is 8.78 Å². The Bertz CT molecular complexity index is 441. The molecule has 1 aromatic rings. The zero-order valence-electron chi connectivity index (χ0n) is 10.0. The predicted molar refractivity (Wildman–Crippen MR) is 67.2 cm³/mol. The van der Waals surface area contributed by atoms with E-state index >= 15 is 0 Å². The topological polar surface area (TPSA) is 29.5 Å². The van der Waals surface area contributed by atoms with Gasteiger partial charge in [-0.05, 0) is 47.3 Å². The normalized spacial score (nSPS) is 19.4. The third kappa shape index (κ3) is 2.58. The van der Waals surface area contributed by atoms with E-state index in [0.717, 1.165) is 31.4 Å². The maximum Gasteiger partial charge on any atom is 0.137 e. The molecule has 1 fully saturated rings. The predicted octanol–water partition coefficient (Wildman–Crippen LogP) is 3.72. The minimum absolute atomic E-state index is 0.0148. The summed E-state index contributed by atoms with van der Waals surface area (Å²) in [5, 5.41) is 10.0. The molecule has 1 unspecified atom stereocenters. The molecule has 0 bridgehead atoms. The molecular formula is C13H15BrF2O2. The van der Waals surface area contributed by atoms with E-state index in [4.69, 9.17) is 4.74 Å². The molecular weight excluding hydrogens is 306 g/mol. The van der Waals surface area contributed by atoms with Crippen LogP contribution in [0.15, 0.2) is 16.6 Å². The van der Waals surface area contributed by atoms with Crippen LogP contribution in [0, 0.1) is 11.6 Å². The summed E-state index contributed by atoms with van der Waals surface area (Å²) in [6.45, 7) is 0. The van der Waals surface area contributed by atoms with Crippen LogP contribution in [0.1, 0.15) is 37.4 Å². The van der Waals surface area contributed by atoms with Gasteiger partial charge in [0.15, 0.2) is 0 Å². The molecule has 2 nitrogen and oxygen atoms in total. The standard InChI is InChI=1S/C13H15BrF2O2/c1-18-13(3-2-4-13)7-12(17)8-5-11(16)9(14)6-10(8)15/h5-6,12,17H,2-4,7H2,1H3. The summed E-state index contributed by atoms with van der Waals surface area (Å²) in [5.74, 6) is -1.19. The number of halogens is 3. The fourth-order valence-corrected chi connectivity index (χ4v) is 2.63. The minimum atomic E-state index is -1.05. The molecule has 1 aliphatic rings. The Kier molecular flexibility index (Phi) is 4.04. The SMILES string of the molecule is COC1(CC(O)c2cc(F)c(Br)cc2F)CCC1. The van der Waals surface area contributed by atoms with Gasteiger partial charge < -0.3 is 9.84 Å². The Morgan fingerprint density at radius 3 is 2.56 bits per heavy atom. The number of hydrogen-bond donors (Lipinski definition) is 1. The first-order valence-electron chi connectivity index (χ1n) is 5.85. The van der Waals surface area contributed by atoms with Gasteiger partial charge in [-0.15, -0.1) is 0 Å². The third-order valence-corrected chi connectivity index (χ3v) is 4.27. The Labute approximate surface area is 113 Å². The van der Waals surface area contributed by atoms with E-state index in [0.29, 0.717) is 6.42 Å². The number of ether oxygens (including phenoxy) is 1. The molecule has 1 saturated carbocycles. The van der Waals surface area contributed by atoms with Crippen molar-refractivity contribution in [3.63, 3.8) is 0 Å². The average molecular weight is 321 g/mol. The summed E-state index contributed by atoms with van der Waals surface area (Å²) in [6.07, 6.45) is 1.98. The number of aliphatic hydroxyl groups is 1. The van der Waals surface area contributed by atoms with Crippen LogP contribution in [0.2, 0.25) is 0 Å². The van der Waals surface area contributed by atoms with Gasteiger partial charge >= 0.3 is 0 Å². The zero-order valence-corrected chi connectivity index (χ0v) is 11.6. The van der Waals surface area contributed by atoms with Crippen molar-refractivity contribution in [2.24, 2.45) is 0 Å². The molecule has 0 heterocycles. The summed E-state index contributed by atoms with van der Waals surface area (Å²) < 4.78 is 32.5. The average Bonchev–Trinajstić information content (AvgIpc) is 2.28. The minimum Gasteiger partial charge on any atom is -0.388 e. The van der Waals surface area contributed by atoms with Crippen LogP contribution in [0.25, 0.3) is 0 Å². The Hall–Kier alpha value is -0.520. The van der Waals surface area contributed by atoms with Crippen molar-refractivity contribution in [2.45, 2.75) is 37.4 Å². The van der Waals surface area contributed by atoms with Gasteiger partial charge in [0.1, 0.15) is 11.6 Å². The molecule has 0 radical (unpaired) electrons. The van der Waals surface area contributed by atoms with E-state index in [1.807, 2.05) is 0 Å². The number of benzene rings is 1. The van der Waals surface area contributed by atoms with E-state index in [-0.39, 0.29) is 15.6 Å². The quantitative estimate of drug-likeness (QED) is 0.857. The molecule has 2 rings (SSSR count). The second kappa shape index (κ2) is 5.23. The Morgan fingerprint density at radius 2 is 2.06 bits per heavy atom. The molecule has 0 aromatic heterocycles. The molecule has 0 spiro atoms. The van der Waals surface area contributed by atoms with Gasteiger partial charge in [0.2, 0.25) is 0 Å². The first kappa shape index (κ1) is 13.9. The summed E-state index contributed by atoms with van der Waals surface area (Å²) in [7, 11) is 1.59. The highest BCUT2D eigenvalue weighted by atomic mass is 79.9. The summed E-state index contributed by atoms with van der Waals surface area (Å²) in [5.41, 5.74) is -0.394. The van der Waals surface area contributed by atoms with Crippen LogP contribution in [-0.4, -0.2) is 17.8 Å². The number of aliphatic hydroxyl groups excluding tert-OH is 1. The highest BCUT2D eigenvalue weighted by Crippen LogP contribution is 2.42. The van der Waals surface area contributed by atoms with Crippen molar-refractivity contribution in [1.82, 2.24) is 0 Å². The lowest BCUT2D eigenvalue weighted by atomic mass is 9.75. The first-order chi connectivity index (χ1) is 8.47. The largest absolute Gasteiger partial charge is 0.388 e. The molecule has 18 heavy (non-hydrogen) atoms. The maximum absolute atomic E-state index is 13.7. The summed E-state index contributed by atoms with van der Waals surface area (Å²) >= 11 is 2.91. The molecule has 0 saturated heterocycles. The highest BCUT2D eigenvalue weighted by molar-refractivity contribution is 9.10. The van der Waals surface area contributed by atoms with Crippen molar-refractivity contribution in [2.75, 3.05) is 7.11 Å². The van der Waals surface area contributed by atoms with E-state index in [2.05, 4.69) is 15.9 Å². The van der Waals surface area contributed by atoms with Crippen molar-refractivity contribution in [1.29, 1.82) is 0 Å². The smallest absolute Gasteiger partial charge is 0.137 e. The van der Waals surface area contributed by atoms with Gasteiger partial charge in [0, 0.05) is 19.1 Å². The molecule has 0 aliphatic heterocycles. The van der Waals surface area contributed by atoms with Gasteiger partial charge in [-0.2, -0.15) is 0 Å². The molecule has 0 amide bonds. The fraction of sp³-hybridized carbons (Fsp3) is 0.538. The van der Waals surface area contributed by atoms with Gasteiger partial charge in [0.05, 0.1) is 16.2 Å². The molecule has 5 heteroatoms. The first-order valence-corrected chi connectivity index (χ1v) is 6.64. The lowest BCUT2D eigenvalue weighted by Gasteiger charge is -2.41. The summed E-state index contributed by atoms with van der Waals surface area (Å²) in [4.78, 5) is 0. The number of methoxy groups -OCH3 is 1. The van der Waals surface area contributed by atoms with E-state index < -0.39 is 17.7 Å². The van der Waals surface area contributed by atoms with Gasteiger partial charge in [-0.1, -0.05) is 0 Å². The zero-order chi connectivity index (χ0) is 13.3. The van der Waals surface area contributed by atoms with Crippen LogP contribution in [0.3, 0.4) is 0 Å². The summed E-state index contributed by atoms with van der Waals surface area (Å²) in [6, 6.07) is 2.07. The van der Waals surface area contributed by atoms with E-state index in [9.17, 15) is 13.9 Å². The van der Waals surface area contributed by atoms with Crippen LogP contribution in [0.5, 0.6) is 0 Å². The van der Waals surface area contributed by atoms with E-state index in [1.54, 1.807) is 7.11 Å². The van der Waals surface area contributed by atoms with E-state index in [1.165, 1.54) is 0 Å². The van der Waals surface area contributed by atoms with Crippen molar-refractivity contribution >= 4 is 15.9 Å². The molecule has 1 aromatic carbocycles. The number of hydrogen-bond acceptors (Lipinski definition) is 2. The Morgan fingerprint density at radius 1 is 1.39 bits per heavy atom. The molecule has 1 aliphatic carbocycles. The molecule has 1 N–H and O–H groups in total. The monoisotopic (exact) mass is 320 g/mol. The van der Waals surface area contributed by atoms with Crippen molar-refractivity contribution in [3.05, 3.63) is 33.8 Å². The maximum atomic E-state index is 13.7. The lowest BCUT2D eigenvalue weighted by molar-refractivity contribution is -0.100. The lowest BCUT2D eigenvalue weighted by Crippen LogP contribution is -2.40. The fourth-order valence-electron chi connectivity index (χ4n) is 2.32. The molecule has 100 valence electrons. The van der Waals surface area contributed by atoms with Gasteiger partial charge in [-0.3, -0.25) is 0 Å². The van der Waals surface area contributed by atoms with Gasteiger partial charge in [0.25, 0.3) is 0 Å². The highest BCUT2D eigenvalue weighted by Gasteiger charge is 2.39. The second-order valence-corrected chi connectivity index (χ2v) is 5.60. The Balaban J connectivity index is 2.18. The van der Waals surface area contributed by atoms with Crippen molar-refractivity contribution < 1.29 is 18.6 Å². The van der Waals surface area contributed by atoms with Crippen LogP contribution < -0.4 is 0 Å². The van der Waals surface area contributed by atoms with Crippen LogP contribution >= 0.6 is 15.9 Å². The third-order valence-electron chi connectivity index (χ3n) is 3.66. The number of rotatable bonds is 4. The van der Waals surface area contributed by atoms with Crippen LogP contribution in [-0.2, 0) is 4.74 Å². The van der Waals surface area contributed by atoms with Gasteiger partial charge in [-0.25, -0.2) is 8.78 Å². The molecule has 1 atom stereocenters. The van der Waals surface area contributed by atoms with Crippen molar-refractivity contribution in [3.8, 4) is 0 Å². The second-order valence-electron chi connectivity index (χ2n) is 4.75.